The number of amides is 3. The van der Waals surface area contributed by atoms with Crippen LogP contribution in [0.25, 0.3) is 11.0 Å². The van der Waals surface area contributed by atoms with E-state index in [-0.39, 0.29) is 17.9 Å². The number of aryl methyl sites for hydroxylation is 1. The zero-order valence-corrected chi connectivity index (χ0v) is 17.1. The van der Waals surface area contributed by atoms with Gasteiger partial charge in [0.25, 0.3) is 5.91 Å². The van der Waals surface area contributed by atoms with E-state index < -0.39 is 24.0 Å². The zero-order valence-electron chi connectivity index (χ0n) is 17.1. The number of imidazole rings is 1. The van der Waals surface area contributed by atoms with E-state index in [1.807, 2.05) is 24.3 Å². The first kappa shape index (κ1) is 20.8. The Morgan fingerprint density at radius 3 is 2.52 bits per heavy atom. The van der Waals surface area contributed by atoms with Crippen molar-refractivity contribution in [3.63, 3.8) is 0 Å². The van der Waals surface area contributed by atoms with Crippen molar-refractivity contribution in [2.45, 2.75) is 38.4 Å². The Labute approximate surface area is 177 Å². The molecule has 31 heavy (non-hydrogen) atoms. The van der Waals surface area contributed by atoms with Gasteiger partial charge in [-0.15, -0.1) is 0 Å². The van der Waals surface area contributed by atoms with Crippen molar-refractivity contribution in [1.82, 2.24) is 19.8 Å². The number of fused-ring (bicyclic) bond motifs is 1. The van der Waals surface area contributed by atoms with Crippen LogP contribution in [0.4, 0.5) is 13.6 Å². The number of nitrogens with zero attached hydrogens (tertiary/aromatic N) is 3. The monoisotopic (exact) mass is 428 g/mol. The number of rotatable bonds is 7. The number of para-hydroxylation sites is 2. The van der Waals surface area contributed by atoms with Crippen LogP contribution in [0, 0.1) is 0 Å². The molecule has 1 atom stereocenters. The van der Waals surface area contributed by atoms with Crippen LogP contribution in [0.2, 0.25) is 0 Å². The van der Waals surface area contributed by atoms with Gasteiger partial charge in [-0.1, -0.05) is 24.3 Å². The van der Waals surface area contributed by atoms with Gasteiger partial charge < -0.3 is 10.1 Å². The van der Waals surface area contributed by atoms with E-state index in [9.17, 15) is 18.4 Å². The number of carbonyl (C=O) groups is 2. The van der Waals surface area contributed by atoms with E-state index in [0.717, 1.165) is 20.8 Å². The van der Waals surface area contributed by atoms with Crippen LogP contribution in [0.15, 0.2) is 48.5 Å². The Hall–Kier alpha value is -3.49. The Balaban J connectivity index is 1.53. The van der Waals surface area contributed by atoms with E-state index in [1.165, 1.54) is 6.07 Å². The Kier molecular flexibility index (Phi) is 5.34. The molecule has 0 spiro atoms. The van der Waals surface area contributed by atoms with Gasteiger partial charge in [0.2, 0.25) is 0 Å². The summed E-state index contributed by atoms with van der Waals surface area (Å²) in [6.07, 6.45) is 0.918. The lowest BCUT2D eigenvalue weighted by Crippen LogP contribution is -2.44. The lowest BCUT2D eigenvalue weighted by atomic mass is 9.93. The van der Waals surface area contributed by atoms with Gasteiger partial charge in [-0.2, -0.15) is 8.78 Å². The minimum absolute atomic E-state index is 0.0425. The maximum atomic E-state index is 13.7. The molecule has 0 saturated carbocycles. The molecule has 4 rings (SSSR count). The number of alkyl halides is 2. The zero-order chi connectivity index (χ0) is 22.2. The van der Waals surface area contributed by atoms with Gasteiger partial charge >= 0.3 is 12.6 Å². The predicted molar refractivity (Wildman–Crippen MR) is 110 cm³/mol. The summed E-state index contributed by atoms with van der Waals surface area (Å²) in [6.45, 7) is -1.53. The Morgan fingerprint density at radius 1 is 1.13 bits per heavy atom. The number of ether oxygens (including phenoxy) is 1. The molecular weight excluding hydrogens is 406 g/mol. The van der Waals surface area contributed by atoms with E-state index in [1.54, 1.807) is 32.2 Å². The fourth-order valence-electron chi connectivity index (χ4n) is 3.81. The minimum Gasteiger partial charge on any atom is -0.497 e. The van der Waals surface area contributed by atoms with E-state index in [0.29, 0.717) is 18.4 Å². The second-order valence-corrected chi connectivity index (χ2v) is 7.67. The van der Waals surface area contributed by atoms with Crippen LogP contribution in [-0.4, -0.2) is 39.0 Å². The average molecular weight is 428 g/mol. The van der Waals surface area contributed by atoms with Crippen LogP contribution >= 0.6 is 0 Å². The van der Waals surface area contributed by atoms with Crippen molar-refractivity contribution in [1.29, 1.82) is 0 Å². The normalized spacial score (nSPS) is 18.8. The predicted octanol–water partition coefficient (Wildman–Crippen LogP) is 3.88. The molecule has 2 heterocycles. The number of aromatic nitrogens is 2. The molecule has 9 heteroatoms. The third-order valence-corrected chi connectivity index (χ3v) is 5.58. The molecule has 2 aromatic carbocycles. The smallest absolute Gasteiger partial charge is 0.325 e. The van der Waals surface area contributed by atoms with Gasteiger partial charge in [0.05, 0.1) is 24.7 Å². The standard InChI is InChI=1S/C22H22F2N4O3/c1-22(12-11-14-7-9-15(31-2)10-8-14)19(29)27(21(30)26-22)13-18-25-16-5-3-4-6-17(16)28(18)20(23)24/h3-10,20H,11-13H2,1-2H3,(H,26,30)/t22-/m0/s1. The second kappa shape index (κ2) is 7.98. The maximum Gasteiger partial charge on any atom is 0.325 e. The lowest BCUT2D eigenvalue weighted by molar-refractivity contribution is -0.131. The molecule has 0 bridgehead atoms. The van der Waals surface area contributed by atoms with E-state index in [4.69, 9.17) is 4.74 Å². The number of halogens is 2. The summed E-state index contributed by atoms with van der Waals surface area (Å²) in [4.78, 5) is 30.8. The van der Waals surface area contributed by atoms with E-state index in [2.05, 4.69) is 10.3 Å². The fraction of sp³-hybridized carbons (Fsp3) is 0.318. The minimum atomic E-state index is -2.84. The van der Waals surface area contributed by atoms with Crippen LogP contribution in [0.1, 0.15) is 31.3 Å². The third kappa shape index (κ3) is 3.83. The molecule has 162 valence electrons. The Bertz CT molecular complexity index is 1130. The molecular formula is C22H22F2N4O3. The van der Waals surface area contributed by atoms with Crippen LogP contribution in [-0.2, 0) is 17.8 Å². The topological polar surface area (TPSA) is 76.5 Å². The summed E-state index contributed by atoms with van der Waals surface area (Å²) in [5.41, 5.74) is 0.495. The molecule has 3 aromatic rings. The van der Waals surface area contributed by atoms with E-state index >= 15 is 0 Å². The van der Waals surface area contributed by atoms with Crippen molar-refractivity contribution in [2.24, 2.45) is 0 Å². The molecule has 0 aliphatic carbocycles. The number of methoxy groups -OCH3 is 1. The molecule has 7 nitrogen and oxygen atoms in total. The molecule has 1 N–H and O–H groups in total. The summed E-state index contributed by atoms with van der Waals surface area (Å²) < 4.78 is 33.3. The number of benzene rings is 2. The van der Waals surface area contributed by atoms with Crippen LogP contribution in [0.5, 0.6) is 5.75 Å². The molecule has 0 unspecified atom stereocenters. The number of hydrogen-bond donors (Lipinski definition) is 1. The summed E-state index contributed by atoms with van der Waals surface area (Å²) in [5, 5.41) is 2.71. The number of hydrogen-bond acceptors (Lipinski definition) is 4. The highest BCUT2D eigenvalue weighted by molar-refractivity contribution is 6.06. The number of imide groups is 1. The maximum absolute atomic E-state index is 13.7. The highest BCUT2D eigenvalue weighted by Gasteiger charge is 2.47. The summed E-state index contributed by atoms with van der Waals surface area (Å²) in [5.74, 6) is 0.228. The van der Waals surface area contributed by atoms with Crippen LogP contribution in [0.3, 0.4) is 0 Å². The van der Waals surface area contributed by atoms with Gasteiger partial charge in [0.15, 0.2) is 0 Å². The largest absolute Gasteiger partial charge is 0.497 e. The van der Waals surface area contributed by atoms with Gasteiger partial charge in [-0.05, 0) is 49.6 Å². The Morgan fingerprint density at radius 2 is 1.84 bits per heavy atom. The molecule has 1 aliphatic heterocycles. The summed E-state index contributed by atoms with van der Waals surface area (Å²) in [7, 11) is 1.58. The van der Waals surface area contributed by atoms with Crippen molar-refractivity contribution in [3.05, 3.63) is 59.9 Å². The first-order valence-electron chi connectivity index (χ1n) is 9.83. The fourth-order valence-corrected chi connectivity index (χ4v) is 3.81. The molecule has 0 radical (unpaired) electrons. The number of carbonyl (C=O) groups excluding carboxylic acids is 2. The van der Waals surface area contributed by atoms with Crippen molar-refractivity contribution in [3.8, 4) is 5.75 Å². The van der Waals surface area contributed by atoms with Gasteiger partial charge in [-0.25, -0.2) is 9.78 Å². The number of urea groups is 1. The van der Waals surface area contributed by atoms with Gasteiger partial charge in [0, 0.05) is 0 Å². The summed E-state index contributed by atoms with van der Waals surface area (Å²) >= 11 is 0. The SMILES string of the molecule is COc1ccc(CC[C@]2(C)NC(=O)N(Cc3nc4ccccc4n3C(F)F)C2=O)cc1. The molecule has 1 fully saturated rings. The summed E-state index contributed by atoms with van der Waals surface area (Å²) in [6, 6.07) is 13.3. The molecule has 1 aromatic heterocycles. The first-order valence-corrected chi connectivity index (χ1v) is 9.83. The molecule has 3 amide bonds. The third-order valence-electron chi connectivity index (χ3n) is 5.58. The van der Waals surface area contributed by atoms with Crippen molar-refractivity contribution in [2.75, 3.05) is 7.11 Å². The quantitative estimate of drug-likeness (QED) is 0.580. The van der Waals surface area contributed by atoms with Crippen molar-refractivity contribution < 1.29 is 23.1 Å². The number of nitrogens with one attached hydrogen (secondary N) is 1. The van der Waals surface area contributed by atoms with Gasteiger partial charge in [-0.3, -0.25) is 14.3 Å². The highest BCUT2D eigenvalue weighted by Crippen LogP contribution is 2.28. The van der Waals surface area contributed by atoms with Gasteiger partial charge in [0.1, 0.15) is 17.1 Å². The van der Waals surface area contributed by atoms with Crippen LogP contribution < -0.4 is 10.1 Å². The highest BCUT2D eigenvalue weighted by atomic mass is 19.3. The molecule has 1 aliphatic rings. The average Bonchev–Trinajstić information content (AvgIpc) is 3.23. The molecule has 1 saturated heterocycles. The lowest BCUT2D eigenvalue weighted by Gasteiger charge is -2.21. The second-order valence-electron chi connectivity index (χ2n) is 7.67. The first-order chi connectivity index (χ1) is 14.8. The van der Waals surface area contributed by atoms with Crippen molar-refractivity contribution >= 4 is 23.0 Å².